The smallest absolute Gasteiger partial charge is 0.224 e. The lowest BCUT2D eigenvalue weighted by Gasteiger charge is -2.35. The Balaban J connectivity index is 1.62. The van der Waals surface area contributed by atoms with Crippen LogP contribution >= 0.6 is 0 Å². The van der Waals surface area contributed by atoms with Gasteiger partial charge in [0.25, 0.3) is 0 Å². The molecule has 2 aliphatic heterocycles. The van der Waals surface area contributed by atoms with Crippen LogP contribution in [0.2, 0.25) is 0 Å². The molecular formula is C18H33N3O3. The minimum absolute atomic E-state index is 0.200. The van der Waals surface area contributed by atoms with E-state index < -0.39 is 0 Å². The zero-order valence-electron chi connectivity index (χ0n) is 15.2. The number of nitrogens with zero attached hydrogens (tertiary/aromatic N) is 3. The van der Waals surface area contributed by atoms with Crippen molar-refractivity contribution in [2.45, 2.75) is 44.9 Å². The molecule has 2 aliphatic rings. The molecule has 0 aromatic heterocycles. The van der Waals surface area contributed by atoms with Gasteiger partial charge in [-0.1, -0.05) is 6.42 Å². The van der Waals surface area contributed by atoms with E-state index in [1.807, 2.05) is 9.80 Å². The molecule has 0 aromatic carbocycles. The summed E-state index contributed by atoms with van der Waals surface area (Å²) in [5, 5.41) is 0. The summed E-state index contributed by atoms with van der Waals surface area (Å²) in [5.74, 6) is 0.423. The number of hydrogen-bond donors (Lipinski definition) is 0. The molecule has 2 amide bonds. The first-order valence-corrected chi connectivity index (χ1v) is 9.47. The molecule has 0 spiro atoms. The van der Waals surface area contributed by atoms with Crippen LogP contribution in [-0.2, 0) is 14.3 Å². The van der Waals surface area contributed by atoms with E-state index in [-0.39, 0.29) is 11.8 Å². The average Bonchev–Trinajstić information content (AvgIpc) is 2.81. The number of unbranched alkanes of at least 4 members (excludes halogenated alkanes) is 1. The molecule has 0 bridgehead atoms. The fourth-order valence-corrected chi connectivity index (χ4v) is 3.47. The van der Waals surface area contributed by atoms with Crippen molar-refractivity contribution < 1.29 is 14.3 Å². The van der Waals surface area contributed by atoms with Crippen molar-refractivity contribution in [2.24, 2.45) is 0 Å². The van der Waals surface area contributed by atoms with Crippen LogP contribution < -0.4 is 0 Å². The van der Waals surface area contributed by atoms with Crippen LogP contribution in [0.3, 0.4) is 0 Å². The molecule has 6 nitrogen and oxygen atoms in total. The van der Waals surface area contributed by atoms with Crippen molar-refractivity contribution in [3.05, 3.63) is 0 Å². The Kier molecular flexibility index (Phi) is 8.53. The fourth-order valence-electron chi connectivity index (χ4n) is 3.47. The van der Waals surface area contributed by atoms with Crippen molar-refractivity contribution in [1.82, 2.24) is 14.7 Å². The fraction of sp³-hybridized carbons (Fsp3) is 0.889. The van der Waals surface area contributed by atoms with Gasteiger partial charge in [-0.05, 0) is 32.2 Å². The summed E-state index contributed by atoms with van der Waals surface area (Å²) in [6, 6.07) is 0. The number of ether oxygens (including phenoxy) is 1. The zero-order valence-corrected chi connectivity index (χ0v) is 15.2. The quantitative estimate of drug-likeness (QED) is 0.627. The lowest BCUT2D eigenvalue weighted by atomic mass is 10.2. The minimum Gasteiger partial charge on any atom is -0.385 e. The molecule has 0 radical (unpaired) electrons. The average molecular weight is 339 g/mol. The summed E-state index contributed by atoms with van der Waals surface area (Å²) in [4.78, 5) is 30.7. The molecule has 24 heavy (non-hydrogen) atoms. The first-order chi connectivity index (χ1) is 11.7. The van der Waals surface area contributed by atoms with Crippen LogP contribution in [0.5, 0.6) is 0 Å². The minimum atomic E-state index is 0.200. The van der Waals surface area contributed by atoms with Crippen LogP contribution in [0.15, 0.2) is 0 Å². The summed E-state index contributed by atoms with van der Waals surface area (Å²) < 4.78 is 5.07. The van der Waals surface area contributed by atoms with Crippen molar-refractivity contribution >= 4 is 11.8 Å². The highest BCUT2D eigenvalue weighted by Gasteiger charge is 2.22. The lowest BCUT2D eigenvalue weighted by Crippen LogP contribution is -2.49. The van der Waals surface area contributed by atoms with E-state index in [9.17, 15) is 9.59 Å². The van der Waals surface area contributed by atoms with E-state index in [1.54, 1.807) is 7.11 Å². The van der Waals surface area contributed by atoms with Gasteiger partial charge in [-0.15, -0.1) is 0 Å². The highest BCUT2D eigenvalue weighted by molar-refractivity contribution is 5.79. The second-order valence-corrected chi connectivity index (χ2v) is 6.86. The molecule has 2 rings (SSSR count). The highest BCUT2D eigenvalue weighted by Crippen LogP contribution is 2.12. The Morgan fingerprint density at radius 1 is 1.00 bits per heavy atom. The van der Waals surface area contributed by atoms with Crippen molar-refractivity contribution in [2.75, 3.05) is 59.5 Å². The molecule has 6 heteroatoms. The Hall–Kier alpha value is -1.14. The third-order valence-electron chi connectivity index (χ3n) is 5.06. The van der Waals surface area contributed by atoms with Crippen LogP contribution in [0.25, 0.3) is 0 Å². The maximum absolute atomic E-state index is 12.4. The maximum Gasteiger partial charge on any atom is 0.224 e. The van der Waals surface area contributed by atoms with Crippen molar-refractivity contribution in [1.29, 1.82) is 0 Å². The molecular weight excluding hydrogens is 306 g/mol. The van der Waals surface area contributed by atoms with Crippen molar-refractivity contribution in [3.63, 3.8) is 0 Å². The van der Waals surface area contributed by atoms with Gasteiger partial charge in [0.05, 0.1) is 0 Å². The summed E-state index contributed by atoms with van der Waals surface area (Å²) in [6.07, 6.45) is 6.56. The number of rotatable bonds is 8. The van der Waals surface area contributed by atoms with E-state index in [0.717, 1.165) is 78.0 Å². The highest BCUT2D eigenvalue weighted by atomic mass is 16.5. The second kappa shape index (κ2) is 10.7. The summed E-state index contributed by atoms with van der Waals surface area (Å²) >= 11 is 0. The van der Waals surface area contributed by atoms with E-state index in [0.29, 0.717) is 19.4 Å². The molecule has 0 N–H and O–H groups in total. The Morgan fingerprint density at radius 2 is 1.79 bits per heavy atom. The van der Waals surface area contributed by atoms with E-state index in [4.69, 9.17) is 4.74 Å². The van der Waals surface area contributed by atoms with E-state index in [1.165, 1.54) is 0 Å². The Morgan fingerprint density at radius 3 is 2.54 bits per heavy atom. The predicted octanol–water partition coefficient (Wildman–Crippen LogP) is 1.35. The van der Waals surface area contributed by atoms with Gasteiger partial charge in [0.1, 0.15) is 0 Å². The Labute approximate surface area is 146 Å². The molecule has 0 aliphatic carbocycles. The predicted molar refractivity (Wildman–Crippen MR) is 93.8 cm³/mol. The Bertz CT molecular complexity index is 395. The molecule has 2 heterocycles. The maximum atomic E-state index is 12.4. The van der Waals surface area contributed by atoms with E-state index >= 15 is 0 Å². The van der Waals surface area contributed by atoms with Gasteiger partial charge in [-0.25, -0.2) is 0 Å². The second-order valence-electron chi connectivity index (χ2n) is 6.86. The third-order valence-corrected chi connectivity index (χ3v) is 5.06. The number of likely N-dealkylation sites (tertiary alicyclic amines) is 1. The van der Waals surface area contributed by atoms with Crippen LogP contribution in [0.4, 0.5) is 0 Å². The first-order valence-electron chi connectivity index (χ1n) is 9.47. The number of methoxy groups -OCH3 is 1. The first kappa shape index (κ1) is 19.2. The van der Waals surface area contributed by atoms with Gasteiger partial charge in [-0.3, -0.25) is 14.5 Å². The topological polar surface area (TPSA) is 53.1 Å². The normalized spacial score (nSPS) is 20.3. The van der Waals surface area contributed by atoms with Crippen LogP contribution in [-0.4, -0.2) is 86.0 Å². The third kappa shape index (κ3) is 6.40. The van der Waals surface area contributed by atoms with Crippen LogP contribution in [0.1, 0.15) is 44.9 Å². The molecule has 138 valence electrons. The van der Waals surface area contributed by atoms with Crippen LogP contribution in [0, 0.1) is 0 Å². The van der Waals surface area contributed by atoms with Gasteiger partial charge < -0.3 is 14.5 Å². The SMILES string of the molecule is COCCCCN1CCN(C(=O)CCN2CCCCCC2=O)CC1. The summed E-state index contributed by atoms with van der Waals surface area (Å²) in [7, 11) is 1.74. The van der Waals surface area contributed by atoms with Gasteiger partial charge in [0, 0.05) is 65.8 Å². The molecule has 0 saturated carbocycles. The molecule has 0 unspecified atom stereocenters. The van der Waals surface area contributed by atoms with Gasteiger partial charge in [-0.2, -0.15) is 0 Å². The van der Waals surface area contributed by atoms with Gasteiger partial charge in [0.15, 0.2) is 0 Å². The zero-order chi connectivity index (χ0) is 17.2. The van der Waals surface area contributed by atoms with E-state index in [2.05, 4.69) is 4.90 Å². The largest absolute Gasteiger partial charge is 0.385 e. The lowest BCUT2D eigenvalue weighted by molar-refractivity contribution is -0.135. The number of carbonyl (C=O) groups excluding carboxylic acids is 2. The molecule has 2 fully saturated rings. The van der Waals surface area contributed by atoms with Crippen molar-refractivity contribution in [3.8, 4) is 0 Å². The molecule has 2 saturated heterocycles. The molecule has 0 atom stereocenters. The number of piperazine rings is 1. The molecule has 0 aromatic rings. The van der Waals surface area contributed by atoms with Gasteiger partial charge >= 0.3 is 0 Å². The summed E-state index contributed by atoms with van der Waals surface area (Å²) in [6.45, 7) is 6.88. The number of hydrogen-bond acceptors (Lipinski definition) is 4. The summed E-state index contributed by atoms with van der Waals surface area (Å²) in [5.41, 5.74) is 0. The monoisotopic (exact) mass is 339 g/mol. The standard InChI is InChI=1S/C18H33N3O3/c1-24-16-6-5-9-19-12-14-21(15-13-19)18(23)8-11-20-10-4-2-3-7-17(20)22/h2-16H2,1H3. The number of amides is 2. The van der Waals surface area contributed by atoms with Gasteiger partial charge in [0.2, 0.25) is 11.8 Å². The number of carbonyl (C=O) groups is 2.